The number of nitrogens with two attached hydrogens (primary N) is 2. The summed E-state index contributed by atoms with van der Waals surface area (Å²) in [4.78, 5) is 4.16. The van der Waals surface area contributed by atoms with Crippen LogP contribution in [0.25, 0.3) is 0 Å². The Morgan fingerprint density at radius 1 is 1.12 bits per heavy atom. The molecule has 16 heavy (non-hydrogen) atoms. The minimum absolute atomic E-state index is 0.548. The van der Waals surface area contributed by atoms with Crippen LogP contribution in [0.1, 0.15) is 5.56 Å². The normalized spacial score (nSPS) is 10.1. The Kier molecular flexibility index (Phi) is 3.03. The van der Waals surface area contributed by atoms with Gasteiger partial charge in [0, 0.05) is 18.4 Å². The maximum absolute atomic E-state index is 5.78. The van der Waals surface area contributed by atoms with E-state index in [1.807, 2.05) is 30.3 Å². The van der Waals surface area contributed by atoms with E-state index in [-0.39, 0.29) is 0 Å². The van der Waals surface area contributed by atoms with Crippen molar-refractivity contribution >= 4 is 17.2 Å². The van der Waals surface area contributed by atoms with Crippen LogP contribution in [0.5, 0.6) is 0 Å². The van der Waals surface area contributed by atoms with Crippen molar-refractivity contribution < 1.29 is 0 Å². The molecule has 0 amide bonds. The molecule has 4 nitrogen and oxygen atoms in total. The lowest BCUT2D eigenvalue weighted by Gasteiger charge is -2.08. The van der Waals surface area contributed by atoms with Crippen molar-refractivity contribution in [3.63, 3.8) is 0 Å². The van der Waals surface area contributed by atoms with Gasteiger partial charge in [-0.05, 0) is 29.8 Å². The van der Waals surface area contributed by atoms with Gasteiger partial charge in [-0.3, -0.25) is 0 Å². The predicted octanol–water partition coefficient (Wildman–Crippen LogP) is 1.87. The Labute approximate surface area is 94.3 Å². The second-order valence-corrected chi connectivity index (χ2v) is 3.47. The smallest absolute Gasteiger partial charge is 0.153 e. The number of rotatable bonds is 3. The standard InChI is InChI=1S/C12H14N4/c13-8-9-3-5-10(6-4-9)16-12-11(14)2-1-7-15-12/h1-7H,8,13-14H2,(H,15,16). The fourth-order valence-electron chi connectivity index (χ4n) is 1.38. The fourth-order valence-corrected chi connectivity index (χ4v) is 1.38. The summed E-state index contributed by atoms with van der Waals surface area (Å²) in [6.07, 6.45) is 1.70. The van der Waals surface area contributed by atoms with Gasteiger partial charge in [0.15, 0.2) is 5.82 Å². The van der Waals surface area contributed by atoms with Gasteiger partial charge in [-0.2, -0.15) is 0 Å². The minimum atomic E-state index is 0.548. The molecule has 1 aromatic heterocycles. The van der Waals surface area contributed by atoms with Crippen molar-refractivity contribution in [3.05, 3.63) is 48.2 Å². The summed E-state index contributed by atoms with van der Waals surface area (Å²) < 4.78 is 0. The molecule has 1 heterocycles. The van der Waals surface area contributed by atoms with E-state index in [0.717, 1.165) is 11.3 Å². The first-order chi connectivity index (χ1) is 7.79. The molecular weight excluding hydrogens is 200 g/mol. The first kappa shape index (κ1) is 10.4. The van der Waals surface area contributed by atoms with Crippen LogP contribution < -0.4 is 16.8 Å². The summed E-state index contributed by atoms with van der Waals surface area (Å²) in [7, 11) is 0. The molecule has 0 saturated heterocycles. The molecule has 0 bridgehead atoms. The largest absolute Gasteiger partial charge is 0.396 e. The minimum Gasteiger partial charge on any atom is -0.396 e. The van der Waals surface area contributed by atoms with E-state index in [0.29, 0.717) is 18.1 Å². The molecule has 0 fully saturated rings. The third-order valence-corrected chi connectivity index (χ3v) is 2.29. The molecule has 0 aliphatic heterocycles. The van der Waals surface area contributed by atoms with Gasteiger partial charge >= 0.3 is 0 Å². The highest BCUT2D eigenvalue weighted by atomic mass is 15.0. The Morgan fingerprint density at radius 3 is 2.50 bits per heavy atom. The molecule has 2 aromatic rings. The zero-order valence-electron chi connectivity index (χ0n) is 8.85. The van der Waals surface area contributed by atoms with Crippen LogP contribution in [-0.2, 0) is 6.54 Å². The number of nitrogens with zero attached hydrogens (tertiary/aromatic N) is 1. The third kappa shape index (κ3) is 2.29. The van der Waals surface area contributed by atoms with Gasteiger partial charge in [0.1, 0.15) is 0 Å². The van der Waals surface area contributed by atoms with Crippen LogP contribution >= 0.6 is 0 Å². The van der Waals surface area contributed by atoms with E-state index in [2.05, 4.69) is 10.3 Å². The van der Waals surface area contributed by atoms with Crippen molar-refractivity contribution in [1.82, 2.24) is 4.98 Å². The van der Waals surface area contributed by atoms with Gasteiger partial charge in [0.2, 0.25) is 0 Å². The SMILES string of the molecule is NCc1ccc(Nc2ncccc2N)cc1. The van der Waals surface area contributed by atoms with Crippen molar-refractivity contribution in [3.8, 4) is 0 Å². The highest BCUT2D eigenvalue weighted by molar-refractivity contribution is 5.68. The van der Waals surface area contributed by atoms with Crippen LogP contribution in [-0.4, -0.2) is 4.98 Å². The van der Waals surface area contributed by atoms with Gasteiger partial charge in [0.25, 0.3) is 0 Å². The van der Waals surface area contributed by atoms with Gasteiger partial charge in [-0.25, -0.2) is 4.98 Å². The Hall–Kier alpha value is -2.07. The third-order valence-electron chi connectivity index (χ3n) is 2.29. The average Bonchev–Trinajstić information content (AvgIpc) is 2.33. The van der Waals surface area contributed by atoms with E-state index in [1.54, 1.807) is 12.3 Å². The highest BCUT2D eigenvalue weighted by Gasteiger charge is 1.99. The van der Waals surface area contributed by atoms with E-state index < -0.39 is 0 Å². The zero-order chi connectivity index (χ0) is 11.4. The van der Waals surface area contributed by atoms with Crippen LogP contribution in [0.15, 0.2) is 42.6 Å². The summed E-state index contributed by atoms with van der Waals surface area (Å²) in [6, 6.07) is 11.5. The van der Waals surface area contributed by atoms with Crippen molar-refractivity contribution in [2.75, 3.05) is 11.1 Å². The van der Waals surface area contributed by atoms with E-state index in [1.165, 1.54) is 0 Å². The highest BCUT2D eigenvalue weighted by Crippen LogP contribution is 2.19. The molecule has 0 atom stereocenters. The van der Waals surface area contributed by atoms with Crippen molar-refractivity contribution in [2.24, 2.45) is 5.73 Å². The number of anilines is 3. The first-order valence-corrected chi connectivity index (χ1v) is 5.06. The summed E-state index contributed by atoms with van der Waals surface area (Å²) in [6.45, 7) is 0.548. The zero-order valence-corrected chi connectivity index (χ0v) is 8.85. The fraction of sp³-hybridized carbons (Fsp3) is 0.0833. The molecule has 0 saturated carbocycles. The molecule has 82 valence electrons. The van der Waals surface area contributed by atoms with Gasteiger partial charge in [-0.1, -0.05) is 12.1 Å². The monoisotopic (exact) mass is 214 g/mol. The molecule has 5 N–H and O–H groups in total. The molecule has 0 spiro atoms. The number of pyridine rings is 1. The topological polar surface area (TPSA) is 77.0 Å². The number of hydrogen-bond donors (Lipinski definition) is 3. The maximum Gasteiger partial charge on any atom is 0.153 e. The van der Waals surface area contributed by atoms with E-state index in [9.17, 15) is 0 Å². The molecule has 0 aliphatic carbocycles. The summed E-state index contributed by atoms with van der Waals surface area (Å²) in [5, 5.41) is 3.15. The van der Waals surface area contributed by atoms with Crippen molar-refractivity contribution in [1.29, 1.82) is 0 Å². The maximum atomic E-state index is 5.78. The number of aromatic nitrogens is 1. The lowest BCUT2D eigenvalue weighted by molar-refractivity contribution is 1.07. The van der Waals surface area contributed by atoms with Crippen LogP contribution in [0.4, 0.5) is 17.2 Å². The number of nitrogen functional groups attached to an aromatic ring is 1. The predicted molar refractivity (Wildman–Crippen MR) is 66.3 cm³/mol. The second kappa shape index (κ2) is 4.63. The molecule has 2 rings (SSSR count). The lowest BCUT2D eigenvalue weighted by Crippen LogP contribution is -1.99. The van der Waals surface area contributed by atoms with Crippen LogP contribution in [0.3, 0.4) is 0 Å². The molecule has 0 aliphatic rings. The number of benzene rings is 1. The Morgan fingerprint density at radius 2 is 1.88 bits per heavy atom. The lowest BCUT2D eigenvalue weighted by atomic mass is 10.2. The number of hydrogen-bond acceptors (Lipinski definition) is 4. The van der Waals surface area contributed by atoms with E-state index in [4.69, 9.17) is 11.5 Å². The van der Waals surface area contributed by atoms with Crippen LogP contribution in [0, 0.1) is 0 Å². The Balaban J connectivity index is 2.18. The average molecular weight is 214 g/mol. The van der Waals surface area contributed by atoms with Gasteiger partial charge in [0.05, 0.1) is 5.69 Å². The van der Waals surface area contributed by atoms with E-state index >= 15 is 0 Å². The van der Waals surface area contributed by atoms with Crippen LogP contribution in [0.2, 0.25) is 0 Å². The number of nitrogens with one attached hydrogen (secondary N) is 1. The second-order valence-electron chi connectivity index (χ2n) is 3.47. The molecule has 4 heteroatoms. The summed E-state index contributed by atoms with van der Waals surface area (Å²) in [5.74, 6) is 0.669. The molecule has 1 aromatic carbocycles. The quantitative estimate of drug-likeness (QED) is 0.729. The van der Waals surface area contributed by atoms with Gasteiger partial charge < -0.3 is 16.8 Å². The van der Waals surface area contributed by atoms with Gasteiger partial charge in [-0.15, -0.1) is 0 Å². The summed E-state index contributed by atoms with van der Waals surface area (Å²) >= 11 is 0. The first-order valence-electron chi connectivity index (χ1n) is 5.06. The molecular formula is C12H14N4. The molecule has 0 unspecified atom stereocenters. The van der Waals surface area contributed by atoms with Crippen molar-refractivity contribution in [2.45, 2.75) is 6.54 Å². The Bertz CT molecular complexity index is 465. The summed E-state index contributed by atoms with van der Waals surface area (Å²) in [5.41, 5.74) is 14.0. The molecule has 0 radical (unpaired) electrons.